The topological polar surface area (TPSA) is 51.7 Å². The van der Waals surface area contributed by atoms with Gasteiger partial charge >= 0.3 is 5.97 Å². The normalized spacial score (nSPS) is 10.7. The molecule has 0 spiro atoms. The molecule has 4 aromatic rings. The highest BCUT2D eigenvalue weighted by molar-refractivity contribution is 7.14. The summed E-state index contributed by atoms with van der Waals surface area (Å²) in [7, 11) is 2.07. The van der Waals surface area contributed by atoms with Crippen molar-refractivity contribution >= 4 is 22.4 Å². The first-order valence-corrected chi connectivity index (χ1v) is 12.7. The van der Waals surface area contributed by atoms with Gasteiger partial charge in [0.2, 0.25) is 0 Å². The molecule has 0 saturated carbocycles. The minimum Gasteiger partial charge on any atom is -0.489 e. The van der Waals surface area contributed by atoms with Crippen molar-refractivity contribution in [2.45, 2.75) is 32.9 Å². The summed E-state index contributed by atoms with van der Waals surface area (Å²) in [6.07, 6.45) is 1.07. The number of aromatic nitrogens is 1. The van der Waals surface area contributed by atoms with E-state index in [9.17, 15) is 4.79 Å². The minimum atomic E-state index is -0.161. The second-order valence-corrected chi connectivity index (χ2v) is 9.13. The molecular formula is C29H30N2O3S. The molecule has 4 rings (SSSR count). The number of hydrogen-bond donors (Lipinski definition) is 0. The van der Waals surface area contributed by atoms with Gasteiger partial charge in [0.15, 0.2) is 5.13 Å². The molecule has 0 aliphatic heterocycles. The van der Waals surface area contributed by atoms with Crippen molar-refractivity contribution in [3.05, 3.63) is 101 Å². The molecule has 180 valence electrons. The van der Waals surface area contributed by atoms with Crippen LogP contribution < -0.4 is 9.64 Å². The Labute approximate surface area is 211 Å². The van der Waals surface area contributed by atoms with Gasteiger partial charge in [0.25, 0.3) is 0 Å². The summed E-state index contributed by atoms with van der Waals surface area (Å²) in [6.45, 7) is 3.53. The zero-order chi connectivity index (χ0) is 24.5. The Morgan fingerprint density at radius 2 is 1.60 bits per heavy atom. The number of rotatable bonds is 11. The Morgan fingerprint density at radius 1 is 0.914 bits per heavy atom. The van der Waals surface area contributed by atoms with Gasteiger partial charge in [-0.25, -0.2) is 4.98 Å². The molecule has 0 saturated heterocycles. The Bertz CT molecular complexity index is 1200. The van der Waals surface area contributed by atoms with Crippen LogP contribution in [0.2, 0.25) is 0 Å². The van der Waals surface area contributed by atoms with E-state index in [0.717, 1.165) is 39.8 Å². The predicted octanol–water partition coefficient (Wildman–Crippen LogP) is 6.52. The van der Waals surface area contributed by atoms with Crippen LogP contribution in [0.1, 0.15) is 30.0 Å². The van der Waals surface area contributed by atoms with Crippen LogP contribution in [0, 0.1) is 0 Å². The summed E-state index contributed by atoms with van der Waals surface area (Å²) in [5.74, 6) is 0.651. The first-order chi connectivity index (χ1) is 17.1. The third-order valence-corrected chi connectivity index (χ3v) is 6.54. The van der Waals surface area contributed by atoms with E-state index in [2.05, 4.69) is 53.7 Å². The average molecular weight is 487 g/mol. The maximum Gasteiger partial charge on any atom is 0.306 e. The summed E-state index contributed by atoms with van der Waals surface area (Å²) < 4.78 is 10.9. The molecule has 0 aliphatic carbocycles. The van der Waals surface area contributed by atoms with Crippen LogP contribution in [0.4, 0.5) is 5.13 Å². The SMILES string of the molecule is CCOC(=O)CCc1ccc(OCc2ccc(CN(C)c3nc(-c4ccccc4)cs3)cc2)cc1. The summed E-state index contributed by atoms with van der Waals surface area (Å²) in [6, 6.07) is 26.6. The smallest absolute Gasteiger partial charge is 0.306 e. The van der Waals surface area contributed by atoms with Crippen LogP contribution in [0.5, 0.6) is 5.75 Å². The van der Waals surface area contributed by atoms with Crippen LogP contribution >= 0.6 is 11.3 Å². The molecule has 1 aromatic heterocycles. The van der Waals surface area contributed by atoms with Crippen molar-refractivity contribution < 1.29 is 14.3 Å². The summed E-state index contributed by atoms with van der Waals surface area (Å²) in [4.78, 5) is 18.5. The fraction of sp³-hybridized carbons (Fsp3) is 0.241. The highest BCUT2D eigenvalue weighted by Gasteiger charge is 2.09. The van der Waals surface area contributed by atoms with Gasteiger partial charge in [-0.15, -0.1) is 11.3 Å². The van der Waals surface area contributed by atoms with Crippen molar-refractivity contribution in [2.75, 3.05) is 18.6 Å². The summed E-state index contributed by atoms with van der Waals surface area (Å²) in [5.41, 5.74) is 5.58. The molecule has 0 amide bonds. The van der Waals surface area contributed by atoms with Crippen LogP contribution in [-0.4, -0.2) is 24.6 Å². The maximum atomic E-state index is 11.5. The van der Waals surface area contributed by atoms with Gasteiger partial charge in [0.1, 0.15) is 12.4 Å². The molecule has 0 bridgehead atoms. The van der Waals surface area contributed by atoms with Crippen molar-refractivity contribution in [1.82, 2.24) is 4.98 Å². The number of esters is 1. The van der Waals surface area contributed by atoms with E-state index in [4.69, 9.17) is 14.5 Å². The number of ether oxygens (including phenoxy) is 2. The minimum absolute atomic E-state index is 0.161. The highest BCUT2D eigenvalue weighted by atomic mass is 32.1. The molecule has 6 heteroatoms. The monoisotopic (exact) mass is 486 g/mol. The molecular weight excluding hydrogens is 456 g/mol. The summed E-state index contributed by atoms with van der Waals surface area (Å²) in [5, 5.41) is 3.11. The first-order valence-electron chi connectivity index (χ1n) is 11.8. The van der Waals surface area contributed by atoms with Crippen molar-refractivity contribution in [1.29, 1.82) is 0 Å². The molecule has 0 atom stereocenters. The predicted molar refractivity (Wildman–Crippen MR) is 142 cm³/mol. The van der Waals surface area contributed by atoms with Crippen molar-refractivity contribution in [2.24, 2.45) is 0 Å². The lowest BCUT2D eigenvalue weighted by molar-refractivity contribution is -0.143. The second-order valence-electron chi connectivity index (χ2n) is 8.29. The van der Waals surface area contributed by atoms with Gasteiger partial charge in [-0.2, -0.15) is 0 Å². The van der Waals surface area contributed by atoms with E-state index in [1.165, 1.54) is 5.56 Å². The van der Waals surface area contributed by atoms with Crippen LogP contribution in [0.15, 0.2) is 84.2 Å². The Hall–Kier alpha value is -3.64. The lowest BCUT2D eigenvalue weighted by atomic mass is 10.1. The molecule has 0 N–H and O–H groups in total. The fourth-order valence-corrected chi connectivity index (χ4v) is 4.46. The zero-order valence-corrected chi connectivity index (χ0v) is 21.0. The average Bonchev–Trinajstić information content (AvgIpc) is 3.39. The number of benzene rings is 3. The molecule has 1 heterocycles. The molecule has 5 nitrogen and oxygen atoms in total. The van der Waals surface area contributed by atoms with Crippen LogP contribution in [0.3, 0.4) is 0 Å². The second kappa shape index (κ2) is 12.2. The van der Waals surface area contributed by atoms with E-state index >= 15 is 0 Å². The van der Waals surface area contributed by atoms with Crippen molar-refractivity contribution in [3.8, 4) is 17.0 Å². The van der Waals surface area contributed by atoms with Gasteiger partial charge in [-0.1, -0.05) is 66.7 Å². The number of nitrogens with zero attached hydrogens (tertiary/aromatic N) is 2. The first kappa shape index (κ1) is 24.5. The maximum absolute atomic E-state index is 11.5. The third-order valence-electron chi connectivity index (χ3n) is 5.58. The number of anilines is 1. The lowest BCUT2D eigenvalue weighted by Gasteiger charge is -2.16. The van der Waals surface area contributed by atoms with E-state index in [0.29, 0.717) is 26.1 Å². The van der Waals surface area contributed by atoms with E-state index in [-0.39, 0.29) is 5.97 Å². The number of carbonyl (C=O) groups is 1. The molecule has 0 fully saturated rings. The Morgan fingerprint density at radius 3 is 2.31 bits per heavy atom. The van der Waals surface area contributed by atoms with Gasteiger partial charge in [-0.05, 0) is 42.2 Å². The highest BCUT2D eigenvalue weighted by Crippen LogP contribution is 2.27. The Balaban J connectivity index is 1.25. The van der Waals surface area contributed by atoms with Gasteiger partial charge in [0, 0.05) is 31.0 Å². The molecule has 35 heavy (non-hydrogen) atoms. The largest absolute Gasteiger partial charge is 0.489 e. The zero-order valence-electron chi connectivity index (χ0n) is 20.1. The lowest BCUT2D eigenvalue weighted by Crippen LogP contribution is -2.16. The quantitative estimate of drug-likeness (QED) is 0.226. The molecule has 0 aliphatic rings. The third kappa shape index (κ3) is 7.17. The van der Waals surface area contributed by atoms with Gasteiger partial charge in [0.05, 0.1) is 12.3 Å². The molecule has 0 unspecified atom stereocenters. The number of hydrogen-bond acceptors (Lipinski definition) is 6. The fourth-order valence-electron chi connectivity index (χ4n) is 3.66. The Kier molecular flexibility index (Phi) is 8.52. The molecule has 3 aromatic carbocycles. The molecule has 0 radical (unpaired) electrons. The number of aryl methyl sites for hydroxylation is 1. The standard InChI is InChI=1S/C29H30N2O3S/c1-3-33-28(32)18-15-22-13-16-26(17-14-22)34-20-24-11-9-23(10-12-24)19-31(2)29-30-27(21-35-29)25-7-5-4-6-8-25/h4-14,16-17,21H,3,15,18-20H2,1-2H3. The van der Waals surface area contributed by atoms with Crippen LogP contribution in [0.25, 0.3) is 11.3 Å². The van der Waals surface area contributed by atoms with Crippen LogP contribution in [-0.2, 0) is 29.1 Å². The van der Waals surface area contributed by atoms with E-state index in [1.807, 2.05) is 49.4 Å². The van der Waals surface area contributed by atoms with E-state index < -0.39 is 0 Å². The number of thiazole rings is 1. The van der Waals surface area contributed by atoms with Gasteiger partial charge < -0.3 is 14.4 Å². The summed E-state index contributed by atoms with van der Waals surface area (Å²) >= 11 is 1.66. The van der Waals surface area contributed by atoms with Gasteiger partial charge in [-0.3, -0.25) is 4.79 Å². The van der Waals surface area contributed by atoms with E-state index in [1.54, 1.807) is 11.3 Å². The van der Waals surface area contributed by atoms with Crippen molar-refractivity contribution in [3.63, 3.8) is 0 Å². The number of carbonyl (C=O) groups excluding carboxylic acids is 1.